The number of aliphatic imine (C=N–C) groups is 1. The van der Waals surface area contributed by atoms with E-state index in [1.807, 2.05) is 72.8 Å². The van der Waals surface area contributed by atoms with Crippen LogP contribution in [0, 0.1) is 6.92 Å². The van der Waals surface area contributed by atoms with Crippen molar-refractivity contribution in [1.82, 2.24) is 4.90 Å². The number of methoxy groups -OCH3 is 2. The van der Waals surface area contributed by atoms with Crippen molar-refractivity contribution in [2.75, 3.05) is 25.7 Å². The van der Waals surface area contributed by atoms with Gasteiger partial charge in [0.1, 0.15) is 16.7 Å². The van der Waals surface area contributed by atoms with Crippen LogP contribution in [0.5, 0.6) is 11.5 Å². The van der Waals surface area contributed by atoms with Crippen molar-refractivity contribution in [3.05, 3.63) is 100 Å². The Kier molecular flexibility index (Phi) is 6.05. The summed E-state index contributed by atoms with van der Waals surface area (Å²) in [5.41, 5.74) is 5.04. The first-order valence-electron chi connectivity index (χ1n) is 11.2. The number of benzene rings is 3. The number of nitrogens with zero attached hydrogens (tertiary/aromatic N) is 3. The Morgan fingerprint density at radius 1 is 0.886 bits per heavy atom. The van der Waals surface area contributed by atoms with Crippen LogP contribution in [0.2, 0.25) is 0 Å². The minimum absolute atomic E-state index is 0.251. The molecule has 176 valence electrons. The molecule has 3 aromatic carbocycles. The lowest BCUT2D eigenvalue weighted by Gasteiger charge is -2.36. The van der Waals surface area contributed by atoms with Gasteiger partial charge in [-0.2, -0.15) is 0 Å². The molecule has 0 aromatic heterocycles. The number of carbonyl (C=O) groups is 1. The molecule has 2 aliphatic rings. The number of aryl methyl sites for hydroxylation is 1. The number of hydrogen-bond acceptors (Lipinski definition) is 5. The van der Waals surface area contributed by atoms with E-state index in [-0.39, 0.29) is 5.91 Å². The SMILES string of the molecule is COc1ccc(C2=C(Cl)N3C(=NC/C3=C/c3ccccc3C)C(=O)N2c2ccc(OC)cc2)cc1. The molecule has 35 heavy (non-hydrogen) atoms. The molecule has 0 saturated heterocycles. The fraction of sp³-hybridized carbons (Fsp3) is 0.143. The number of anilines is 1. The zero-order valence-corrected chi connectivity index (χ0v) is 20.4. The Morgan fingerprint density at radius 3 is 2.14 bits per heavy atom. The quantitative estimate of drug-likeness (QED) is 0.436. The largest absolute Gasteiger partial charge is 0.497 e. The molecule has 0 spiro atoms. The van der Waals surface area contributed by atoms with Crippen LogP contribution in [0.3, 0.4) is 0 Å². The number of halogens is 1. The third-order valence-corrected chi connectivity index (χ3v) is 6.45. The molecule has 1 amide bonds. The number of amidine groups is 1. The average molecular weight is 486 g/mol. The van der Waals surface area contributed by atoms with E-state index < -0.39 is 0 Å². The monoisotopic (exact) mass is 485 g/mol. The summed E-state index contributed by atoms with van der Waals surface area (Å²) >= 11 is 7.10. The summed E-state index contributed by atoms with van der Waals surface area (Å²) in [6.45, 7) is 2.41. The summed E-state index contributed by atoms with van der Waals surface area (Å²) < 4.78 is 10.6. The number of rotatable bonds is 5. The van der Waals surface area contributed by atoms with E-state index >= 15 is 0 Å². The van der Waals surface area contributed by atoms with E-state index in [2.05, 4.69) is 18.0 Å². The fourth-order valence-corrected chi connectivity index (χ4v) is 4.61. The fourth-order valence-electron chi connectivity index (χ4n) is 4.23. The van der Waals surface area contributed by atoms with Gasteiger partial charge >= 0.3 is 0 Å². The molecule has 0 bridgehead atoms. The molecule has 2 heterocycles. The van der Waals surface area contributed by atoms with E-state index in [9.17, 15) is 4.79 Å². The molecule has 0 saturated carbocycles. The minimum atomic E-state index is -0.251. The van der Waals surface area contributed by atoms with Crippen LogP contribution < -0.4 is 14.4 Å². The lowest BCUT2D eigenvalue weighted by Crippen LogP contribution is -2.47. The molecule has 0 radical (unpaired) electrons. The number of ether oxygens (including phenoxy) is 2. The van der Waals surface area contributed by atoms with Gasteiger partial charge in [0, 0.05) is 16.9 Å². The highest BCUT2D eigenvalue weighted by molar-refractivity contribution is 6.51. The molecular weight excluding hydrogens is 462 g/mol. The van der Waals surface area contributed by atoms with Gasteiger partial charge in [-0.15, -0.1) is 0 Å². The van der Waals surface area contributed by atoms with Crippen LogP contribution in [0.1, 0.15) is 16.7 Å². The first-order chi connectivity index (χ1) is 17.0. The standard InChI is InChI=1S/C28H24ClN3O3/c1-18-6-4-5-7-20(18)16-22-17-30-27-28(33)31(21-10-14-24(35-3)15-11-21)25(26(29)32(22)27)19-8-12-23(34-2)13-9-19/h4-16H,17H2,1-3H3/b22-16-. The number of amides is 1. The summed E-state index contributed by atoms with van der Waals surface area (Å²) in [6, 6.07) is 22.9. The van der Waals surface area contributed by atoms with Crippen LogP contribution in [-0.4, -0.2) is 37.4 Å². The van der Waals surface area contributed by atoms with Crippen molar-refractivity contribution >= 4 is 40.8 Å². The Labute approximate surface area is 209 Å². The second-order valence-electron chi connectivity index (χ2n) is 8.17. The maximum absolute atomic E-state index is 13.9. The molecule has 0 aliphatic carbocycles. The van der Waals surface area contributed by atoms with E-state index in [1.165, 1.54) is 0 Å². The number of hydrogen-bond donors (Lipinski definition) is 0. The number of carbonyl (C=O) groups excluding carboxylic acids is 1. The second kappa shape index (κ2) is 9.31. The normalized spacial score (nSPS) is 16.5. The van der Waals surface area contributed by atoms with Crippen molar-refractivity contribution < 1.29 is 14.3 Å². The smallest absolute Gasteiger partial charge is 0.298 e. The van der Waals surface area contributed by atoms with Gasteiger partial charge in [0.15, 0.2) is 0 Å². The van der Waals surface area contributed by atoms with Gasteiger partial charge in [0.05, 0.1) is 26.5 Å². The second-order valence-corrected chi connectivity index (χ2v) is 8.53. The van der Waals surface area contributed by atoms with Crippen LogP contribution in [0.15, 0.2) is 88.6 Å². The number of fused-ring (bicyclic) bond motifs is 1. The lowest BCUT2D eigenvalue weighted by molar-refractivity contribution is -0.112. The van der Waals surface area contributed by atoms with Crippen LogP contribution in [-0.2, 0) is 4.79 Å². The molecule has 7 heteroatoms. The zero-order valence-electron chi connectivity index (χ0n) is 19.7. The molecule has 2 aliphatic heterocycles. The Bertz CT molecular complexity index is 1380. The average Bonchev–Trinajstić information content (AvgIpc) is 3.32. The molecular formula is C28H24ClN3O3. The van der Waals surface area contributed by atoms with Gasteiger partial charge in [-0.05, 0) is 72.7 Å². The van der Waals surface area contributed by atoms with E-state index in [1.54, 1.807) is 24.0 Å². The first-order valence-corrected chi connectivity index (χ1v) is 11.5. The molecule has 0 atom stereocenters. The van der Waals surface area contributed by atoms with Gasteiger partial charge in [-0.1, -0.05) is 35.9 Å². The molecule has 3 aromatic rings. The molecule has 6 nitrogen and oxygen atoms in total. The van der Waals surface area contributed by atoms with Gasteiger partial charge in [-0.3, -0.25) is 19.6 Å². The molecule has 0 N–H and O–H groups in total. The van der Waals surface area contributed by atoms with Gasteiger partial charge in [0.25, 0.3) is 5.91 Å². The Balaban J connectivity index is 1.68. The summed E-state index contributed by atoms with van der Waals surface area (Å²) in [5.74, 6) is 1.45. The maximum atomic E-state index is 13.9. The third kappa shape index (κ3) is 4.06. The van der Waals surface area contributed by atoms with Gasteiger partial charge < -0.3 is 9.47 Å². The molecule has 0 unspecified atom stereocenters. The zero-order chi connectivity index (χ0) is 24.5. The van der Waals surface area contributed by atoms with E-state index in [4.69, 9.17) is 21.1 Å². The summed E-state index contributed by atoms with van der Waals surface area (Å²) in [5, 5.41) is 0.404. The summed E-state index contributed by atoms with van der Waals surface area (Å²) in [6.07, 6.45) is 2.04. The third-order valence-electron chi connectivity index (χ3n) is 6.10. The summed E-state index contributed by atoms with van der Waals surface area (Å²) in [7, 11) is 3.22. The van der Waals surface area contributed by atoms with Crippen molar-refractivity contribution in [2.24, 2.45) is 4.99 Å². The Hall–Kier alpha value is -4.03. The molecule has 5 rings (SSSR count). The van der Waals surface area contributed by atoms with Crippen LogP contribution >= 0.6 is 11.6 Å². The molecule has 0 fully saturated rings. The highest BCUT2D eigenvalue weighted by Gasteiger charge is 2.42. The summed E-state index contributed by atoms with van der Waals surface area (Å²) in [4.78, 5) is 21.8. The minimum Gasteiger partial charge on any atom is -0.497 e. The van der Waals surface area contributed by atoms with Crippen LogP contribution in [0.4, 0.5) is 5.69 Å². The van der Waals surface area contributed by atoms with Crippen molar-refractivity contribution in [3.63, 3.8) is 0 Å². The predicted octanol–water partition coefficient (Wildman–Crippen LogP) is 5.68. The maximum Gasteiger partial charge on any atom is 0.298 e. The van der Waals surface area contributed by atoms with Crippen molar-refractivity contribution in [3.8, 4) is 11.5 Å². The first kappa shape index (κ1) is 22.7. The van der Waals surface area contributed by atoms with Gasteiger partial charge in [0.2, 0.25) is 5.84 Å². The predicted molar refractivity (Wildman–Crippen MR) is 140 cm³/mol. The van der Waals surface area contributed by atoms with Gasteiger partial charge in [-0.25, -0.2) is 0 Å². The van der Waals surface area contributed by atoms with Crippen LogP contribution in [0.25, 0.3) is 11.8 Å². The Morgan fingerprint density at radius 2 is 1.51 bits per heavy atom. The highest BCUT2D eigenvalue weighted by atomic mass is 35.5. The van der Waals surface area contributed by atoms with Crippen molar-refractivity contribution in [1.29, 1.82) is 0 Å². The lowest BCUT2D eigenvalue weighted by atomic mass is 10.1. The van der Waals surface area contributed by atoms with E-state index in [0.29, 0.717) is 40.4 Å². The van der Waals surface area contributed by atoms with E-state index in [0.717, 1.165) is 22.4 Å². The van der Waals surface area contributed by atoms with Crippen molar-refractivity contribution in [2.45, 2.75) is 6.92 Å². The highest BCUT2D eigenvalue weighted by Crippen LogP contribution is 2.41. The topological polar surface area (TPSA) is 54.4 Å².